The lowest BCUT2D eigenvalue weighted by molar-refractivity contribution is -0.115. The van der Waals surface area contributed by atoms with Crippen LogP contribution in [0.2, 0.25) is 0 Å². The van der Waals surface area contributed by atoms with Gasteiger partial charge >= 0.3 is 0 Å². The van der Waals surface area contributed by atoms with Crippen molar-refractivity contribution in [3.8, 4) is 0 Å². The number of nitrogens with zero attached hydrogens (tertiary/aromatic N) is 4. The van der Waals surface area contributed by atoms with Crippen molar-refractivity contribution in [3.05, 3.63) is 10.9 Å². The molecule has 1 fully saturated rings. The maximum atomic E-state index is 10.7. The Morgan fingerprint density at radius 3 is 2.95 bits per heavy atom. The molecule has 0 unspecified atom stereocenters. The number of anilines is 1. The van der Waals surface area contributed by atoms with Gasteiger partial charge in [0.15, 0.2) is 5.65 Å². The molecule has 0 radical (unpaired) electrons. The van der Waals surface area contributed by atoms with Crippen molar-refractivity contribution in [2.24, 2.45) is 5.73 Å². The molecule has 0 amide bonds. The van der Waals surface area contributed by atoms with Crippen molar-refractivity contribution in [2.75, 3.05) is 18.9 Å². The summed E-state index contributed by atoms with van der Waals surface area (Å²) in [7, 11) is 0. The minimum absolute atomic E-state index is 0.0843. The third-order valence-electron chi connectivity index (χ3n) is 3.39. The summed E-state index contributed by atoms with van der Waals surface area (Å²) in [5.41, 5.74) is 9.80. The Kier molecular flexibility index (Phi) is 3.14. The van der Waals surface area contributed by atoms with E-state index in [4.69, 9.17) is 16.2 Å². The highest BCUT2D eigenvalue weighted by atomic mass is 79.9. The number of hydrogen-bond donors (Lipinski definition) is 4. The van der Waals surface area contributed by atoms with Gasteiger partial charge in [0.05, 0.1) is 12.0 Å². The van der Waals surface area contributed by atoms with Gasteiger partial charge in [-0.3, -0.25) is 0 Å². The van der Waals surface area contributed by atoms with Gasteiger partial charge in [-0.05, 0) is 15.9 Å². The largest absolute Gasteiger partial charge is 0.385 e. The maximum Gasteiger partial charge on any atom is 0.212 e. The number of aliphatic hydroxyl groups is 2. The van der Waals surface area contributed by atoms with E-state index < -0.39 is 17.9 Å². The molecule has 3 atom stereocenters. The first-order valence-electron chi connectivity index (χ1n) is 5.86. The number of halogens is 1. The van der Waals surface area contributed by atoms with Gasteiger partial charge < -0.3 is 26.4 Å². The van der Waals surface area contributed by atoms with E-state index in [1.54, 1.807) is 0 Å². The second-order valence-electron chi connectivity index (χ2n) is 4.57. The van der Waals surface area contributed by atoms with Crippen LogP contribution in [0, 0.1) is 0 Å². The van der Waals surface area contributed by atoms with E-state index in [0.29, 0.717) is 15.6 Å². The normalized spacial score (nSPS) is 30.2. The molecule has 1 aliphatic rings. The highest BCUT2D eigenvalue weighted by Gasteiger charge is 2.51. The van der Waals surface area contributed by atoms with Gasteiger partial charge in [0.25, 0.3) is 0 Å². The van der Waals surface area contributed by atoms with E-state index in [1.165, 1.54) is 11.0 Å². The number of ether oxygens (including phenoxy) is 1. The molecule has 9 nitrogen and oxygen atoms in total. The topological polar surface area (TPSA) is 145 Å². The van der Waals surface area contributed by atoms with Gasteiger partial charge in [0, 0.05) is 6.54 Å². The van der Waals surface area contributed by atoms with Crippen LogP contribution in [0.3, 0.4) is 0 Å². The summed E-state index contributed by atoms with van der Waals surface area (Å²) < 4.78 is 6.86. The van der Waals surface area contributed by atoms with E-state index in [0.717, 1.165) is 0 Å². The lowest BCUT2D eigenvalue weighted by Gasteiger charge is -2.26. The zero-order valence-electron chi connectivity index (χ0n) is 10.3. The lowest BCUT2D eigenvalue weighted by atomic mass is 10.1. The molecule has 1 saturated heterocycles. The van der Waals surface area contributed by atoms with E-state index in [2.05, 4.69) is 31.0 Å². The molecule has 0 aliphatic carbocycles. The molecule has 6 N–H and O–H groups in total. The van der Waals surface area contributed by atoms with Crippen LogP contribution in [0.25, 0.3) is 11.0 Å². The van der Waals surface area contributed by atoms with Crippen molar-refractivity contribution >= 4 is 32.8 Å². The quantitative estimate of drug-likeness (QED) is 0.516. The molecule has 3 heterocycles. The van der Waals surface area contributed by atoms with E-state index >= 15 is 0 Å². The summed E-state index contributed by atoms with van der Waals surface area (Å²) in [5, 5.41) is 25.5. The summed E-state index contributed by atoms with van der Waals surface area (Å²) in [5.74, 6) is 0.223. The molecule has 20 heavy (non-hydrogen) atoms. The SMILES string of the molecule is NC[C@H]1OC[C@](O)(n2nc(Br)c3c(N)ncnc32)[C@@H]1O. The Labute approximate surface area is 121 Å². The molecular formula is C10H13BrN6O3. The fourth-order valence-corrected chi connectivity index (χ4v) is 2.83. The van der Waals surface area contributed by atoms with Crippen molar-refractivity contribution in [1.82, 2.24) is 19.7 Å². The molecule has 0 aromatic carbocycles. The number of nitrogen functional groups attached to an aromatic ring is 1. The summed E-state index contributed by atoms with van der Waals surface area (Å²) in [6.07, 6.45) is -0.635. The summed E-state index contributed by atoms with van der Waals surface area (Å²) in [6, 6.07) is 0. The standard InChI is InChI=1S/C10H13BrN6O3/c11-7-5-8(13)14-3-15-9(5)17(16-7)10(19)2-20-4(1-12)6(10)18/h3-4,6,18-19H,1-2,12H2,(H2,13,14,15)/t4-,6-,10-/m1/s1. The van der Waals surface area contributed by atoms with Gasteiger partial charge in [0.2, 0.25) is 5.72 Å². The summed E-state index contributed by atoms with van der Waals surface area (Å²) >= 11 is 3.24. The van der Waals surface area contributed by atoms with Crippen LogP contribution in [0.1, 0.15) is 0 Å². The smallest absolute Gasteiger partial charge is 0.212 e. The second kappa shape index (κ2) is 4.60. The molecule has 2 aromatic rings. The average Bonchev–Trinajstić information content (AvgIpc) is 2.91. The van der Waals surface area contributed by atoms with E-state index in [1.807, 2.05) is 0 Å². The maximum absolute atomic E-state index is 10.7. The van der Waals surface area contributed by atoms with Crippen LogP contribution in [0.4, 0.5) is 5.82 Å². The Hall–Kier alpha value is -1.33. The Morgan fingerprint density at radius 1 is 1.55 bits per heavy atom. The van der Waals surface area contributed by atoms with Crippen molar-refractivity contribution in [3.63, 3.8) is 0 Å². The van der Waals surface area contributed by atoms with Crippen molar-refractivity contribution in [2.45, 2.75) is 17.9 Å². The average molecular weight is 345 g/mol. The van der Waals surface area contributed by atoms with Crippen LogP contribution in [-0.4, -0.2) is 55.3 Å². The van der Waals surface area contributed by atoms with E-state index in [9.17, 15) is 10.2 Å². The first-order valence-corrected chi connectivity index (χ1v) is 6.65. The van der Waals surface area contributed by atoms with Crippen LogP contribution in [-0.2, 0) is 10.5 Å². The van der Waals surface area contributed by atoms with E-state index in [-0.39, 0.29) is 19.0 Å². The fourth-order valence-electron chi connectivity index (χ4n) is 2.29. The number of fused-ring (bicyclic) bond motifs is 1. The number of aromatic nitrogens is 4. The molecule has 0 saturated carbocycles. The molecule has 2 aromatic heterocycles. The minimum atomic E-state index is -1.75. The van der Waals surface area contributed by atoms with Gasteiger partial charge in [-0.25, -0.2) is 14.6 Å². The molecule has 0 spiro atoms. The van der Waals surface area contributed by atoms with Gasteiger partial charge in [0.1, 0.15) is 29.0 Å². The molecule has 1 aliphatic heterocycles. The van der Waals surface area contributed by atoms with Crippen LogP contribution < -0.4 is 11.5 Å². The van der Waals surface area contributed by atoms with Crippen LogP contribution >= 0.6 is 15.9 Å². The Balaban J connectivity index is 2.18. The van der Waals surface area contributed by atoms with Crippen LogP contribution in [0.15, 0.2) is 10.9 Å². The third-order valence-corrected chi connectivity index (χ3v) is 3.94. The number of hydrogen-bond acceptors (Lipinski definition) is 8. The first kappa shape index (κ1) is 13.6. The highest BCUT2D eigenvalue weighted by molar-refractivity contribution is 9.10. The first-order chi connectivity index (χ1) is 9.49. The molecular weight excluding hydrogens is 332 g/mol. The van der Waals surface area contributed by atoms with Gasteiger partial charge in [-0.15, -0.1) is 0 Å². The number of rotatable bonds is 2. The van der Waals surface area contributed by atoms with Crippen molar-refractivity contribution in [1.29, 1.82) is 0 Å². The summed E-state index contributed by atoms with van der Waals surface area (Å²) in [4.78, 5) is 7.93. The predicted octanol–water partition coefficient (Wildman–Crippen LogP) is -1.47. The second-order valence-corrected chi connectivity index (χ2v) is 5.32. The minimum Gasteiger partial charge on any atom is -0.385 e. The molecule has 0 bridgehead atoms. The Bertz CT molecular complexity index is 664. The number of aliphatic hydroxyl groups excluding tert-OH is 1. The lowest BCUT2D eigenvalue weighted by Crippen LogP contribution is -2.48. The zero-order valence-corrected chi connectivity index (χ0v) is 11.9. The zero-order chi connectivity index (χ0) is 14.5. The highest BCUT2D eigenvalue weighted by Crippen LogP contribution is 2.34. The number of nitrogens with two attached hydrogens (primary N) is 2. The predicted molar refractivity (Wildman–Crippen MR) is 72.4 cm³/mol. The monoisotopic (exact) mass is 344 g/mol. The van der Waals surface area contributed by atoms with Crippen LogP contribution in [0.5, 0.6) is 0 Å². The third kappa shape index (κ3) is 1.73. The Morgan fingerprint density at radius 2 is 2.30 bits per heavy atom. The summed E-state index contributed by atoms with van der Waals surface area (Å²) in [6.45, 7) is -0.0653. The van der Waals surface area contributed by atoms with Crippen molar-refractivity contribution < 1.29 is 14.9 Å². The van der Waals surface area contributed by atoms with Gasteiger partial charge in [-0.2, -0.15) is 5.10 Å². The molecule has 10 heteroatoms. The van der Waals surface area contributed by atoms with Gasteiger partial charge in [-0.1, -0.05) is 0 Å². The molecule has 108 valence electrons. The fraction of sp³-hybridized carbons (Fsp3) is 0.500. The molecule has 3 rings (SSSR count).